The van der Waals surface area contributed by atoms with Crippen LogP contribution in [0.2, 0.25) is 5.02 Å². The molecular formula is C19H20ClN5O. The van der Waals surface area contributed by atoms with Crippen molar-refractivity contribution >= 4 is 17.6 Å². The number of aliphatic imine (C=N–C) groups is 1. The summed E-state index contributed by atoms with van der Waals surface area (Å²) in [5.74, 6) is 1.48. The molecule has 0 saturated carbocycles. The molecule has 2 aromatic carbocycles. The number of hydrogen-bond donors (Lipinski definition) is 2. The van der Waals surface area contributed by atoms with E-state index < -0.39 is 0 Å². The molecule has 3 rings (SSSR count). The van der Waals surface area contributed by atoms with Crippen molar-refractivity contribution < 1.29 is 4.52 Å². The highest BCUT2D eigenvalue weighted by atomic mass is 35.5. The van der Waals surface area contributed by atoms with Crippen molar-refractivity contribution in [2.45, 2.75) is 12.8 Å². The number of nitrogens with one attached hydrogen (secondary N) is 1. The van der Waals surface area contributed by atoms with E-state index >= 15 is 0 Å². The molecule has 0 aliphatic carbocycles. The smallest absolute Gasteiger partial charge is 0.228 e. The first-order valence-corrected chi connectivity index (χ1v) is 8.75. The van der Waals surface area contributed by atoms with E-state index in [0.717, 1.165) is 18.5 Å². The number of guanidine groups is 1. The average Bonchev–Trinajstić information content (AvgIpc) is 3.12. The minimum absolute atomic E-state index is 0.415. The van der Waals surface area contributed by atoms with Crippen LogP contribution in [0.15, 0.2) is 64.1 Å². The Kier molecular flexibility index (Phi) is 6.22. The third-order valence-electron chi connectivity index (χ3n) is 3.74. The highest BCUT2D eigenvalue weighted by molar-refractivity contribution is 6.30. The molecule has 3 N–H and O–H groups in total. The summed E-state index contributed by atoms with van der Waals surface area (Å²) in [5.41, 5.74) is 7.99. The Bertz CT molecular complexity index is 846. The zero-order chi connectivity index (χ0) is 18.2. The summed E-state index contributed by atoms with van der Waals surface area (Å²) in [6, 6.07) is 17.5. The molecule has 6 nitrogen and oxygen atoms in total. The number of rotatable bonds is 7. The first-order valence-electron chi connectivity index (χ1n) is 8.37. The normalized spacial score (nSPS) is 11.5. The zero-order valence-electron chi connectivity index (χ0n) is 14.2. The second-order valence-electron chi connectivity index (χ2n) is 5.70. The number of nitrogens with two attached hydrogens (primary N) is 1. The molecule has 3 aromatic rings. The van der Waals surface area contributed by atoms with Gasteiger partial charge in [-0.1, -0.05) is 47.1 Å². The summed E-state index contributed by atoms with van der Waals surface area (Å²) in [5, 5.41) is 7.74. The van der Waals surface area contributed by atoms with E-state index in [1.807, 2.05) is 30.3 Å². The van der Waals surface area contributed by atoms with Crippen LogP contribution in [0.3, 0.4) is 0 Å². The van der Waals surface area contributed by atoms with E-state index in [0.29, 0.717) is 35.7 Å². The molecule has 0 atom stereocenters. The fraction of sp³-hybridized carbons (Fsp3) is 0.211. The van der Waals surface area contributed by atoms with Crippen molar-refractivity contribution in [2.24, 2.45) is 10.7 Å². The van der Waals surface area contributed by atoms with Gasteiger partial charge in [0.05, 0.1) is 6.54 Å². The van der Waals surface area contributed by atoms with Crippen LogP contribution in [0, 0.1) is 0 Å². The van der Waals surface area contributed by atoms with E-state index in [1.165, 1.54) is 5.56 Å². The lowest BCUT2D eigenvalue weighted by Gasteiger charge is -2.05. The summed E-state index contributed by atoms with van der Waals surface area (Å²) in [6.07, 6.45) is 1.42. The second-order valence-corrected chi connectivity index (χ2v) is 6.13. The maximum absolute atomic E-state index is 5.88. The molecule has 0 saturated heterocycles. The number of hydrogen-bond acceptors (Lipinski definition) is 4. The molecule has 0 unspecified atom stereocenters. The van der Waals surface area contributed by atoms with Crippen LogP contribution in [0.25, 0.3) is 11.4 Å². The van der Waals surface area contributed by atoms with Crippen LogP contribution >= 0.6 is 11.6 Å². The van der Waals surface area contributed by atoms with Crippen LogP contribution < -0.4 is 11.1 Å². The van der Waals surface area contributed by atoms with Crippen molar-refractivity contribution in [2.75, 3.05) is 13.1 Å². The molecule has 0 aliphatic heterocycles. The van der Waals surface area contributed by atoms with Gasteiger partial charge < -0.3 is 15.6 Å². The molecule has 134 valence electrons. The molecule has 7 heteroatoms. The summed E-state index contributed by atoms with van der Waals surface area (Å²) < 4.78 is 5.25. The molecular weight excluding hydrogens is 350 g/mol. The third-order valence-corrected chi connectivity index (χ3v) is 3.99. The maximum Gasteiger partial charge on any atom is 0.228 e. The monoisotopic (exact) mass is 369 g/mol. The lowest BCUT2D eigenvalue weighted by molar-refractivity contribution is 0.380. The highest BCUT2D eigenvalue weighted by Gasteiger charge is 2.08. The van der Waals surface area contributed by atoms with Gasteiger partial charge in [-0.15, -0.1) is 0 Å². The second kappa shape index (κ2) is 9.01. The van der Waals surface area contributed by atoms with Gasteiger partial charge in [-0.3, -0.25) is 4.99 Å². The minimum atomic E-state index is 0.415. The van der Waals surface area contributed by atoms with E-state index in [4.69, 9.17) is 21.9 Å². The zero-order valence-corrected chi connectivity index (χ0v) is 15.0. The van der Waals surface area contributed by atoms with Crippen molar-refractivity contribution in [3.8, 4) is 11.4 Å². The SMILES string of the molecule is NC(=NCCc1nc(-c2ccc(Cl)cc2)no1)NCCc1ccccc1. The number of benzene rings is 2. The van der Waals surface area contributed by atoms with E-state index in [1.54, 1.807) is 12.1 Å². The van der Waals surface area contributed by atoms with Gasteiger partial charge in [0.1, 0.15) is 0 Å². The third kappa shape index (κ3) is 5.32. The van der Waals surface area contributed by atoms with Crippen molar-refractivity contribution in [1.82, 2.24) is 15.5 Å². The molecule has 1 heterocycles. The molecule has 26 heavy (non-hydrogen) atoms. The van der Waals surface area contributed by atoms with Crippen molar-refractivity contribution in [1.29, 1.82) is 0 Å². The van der Waals surface area contributed by atoms with E-state index in [2.05, 4.69) is 32.6 Å². The number of nitrogens with zero attached hydrogens (tertiary/aromatic N) is 3. The molecule has 0 bridgehead atoms. The highest BCUT2D eigenvalue weighted by Crippen LogP contribution is 2.18. The molecule has 0 fully saturated rings. The largest absolute Gasteiger partial charge is 0.370 e. The van der Waals surface area contributed by atoms with Gasteiger partial charge in [0, 0.05) is 23.6 Å². The van der Waals surface area contributed by atoms with Crippen molar-refractivity contribution in [3.05, 3.63) is 71.1 Å². The van der Waals surface area contributed by atoms with Crippen LogP contribution in [0.5, 0.6) is 0 Å². The summed E-state index contributed by atoms with van der Waals surface area (Å²) in [7, 11) is 0. The fourth-order valence-electron chi connectivity index (χ4n) is 2.38. The Morgan fingerprint density at radius 2 is 1.85 bits per heavy atom. The van der Waals surface area contributed by atoms with Crippen LogP contribution in [0.4, 0.5) is 0 Å². The molecule has 0 spiro atoms. The van der Waals surface area contributed by atoms with Gasteiger partial charge in [-0.05, 0) is 36.2 Å². The lowest BCUT2D eigenvalue weighted by atomic mass is 10.1. The maximum atomic E-state index is 5.88. The first kappa shape index (κ1) is 17.9. The first-order chi connectivity index (χ1) is 12.7. The minimum Gasteiger partial charge on any atom is -0.370 e. The molecule has 0 aliphatic rings. The topological polar surface area (TPSA) is 89.3 Å². The van der Waals surface area contributed by atoms with E-state index in [-0.39, 0.29) is 0 Å². The number of aromatic nitrogens is 2. The van der Waals surface area contributed by atoms with Gasteiger partial charge in [-0.25, -0.2) is 0 Å². The van der Waals surface area contributed by atoms with E-state index in [9.17, 15) is 0 Å². The summed E-state index contributed by atoms with van der Waals surface area (Å²) >= 11 is 5.88. The van der Waals surface area contributed by atoms with Crippen LogP contribution in [0.1, 0.15) is 11.5 Å². The Labute approximate surface area is 157 Å². The van der Waals surface area contributed by atoms with Gasteiger partial charge >= 0.3 is 0 Å². The van der Waals surface area contributed by atoms with Gasteiger partial charge in [-0.2, -0.15) is 4.98 Å². The van der Waals surface area contributed by atoms with Gasteiger partial charge in [0.15, 0.2) is 5.96 Å². The lowest BCUT2D eigenvalue weighted by Crippen LogP contribution is -2.33. The summed E-state index contributed by atoms with van der Waals surface area (Å²) in [6.45, 7) is 1.22. The Balaban J connectivity index is 1.43. The summed E-state index contributed by atoms with van der Waals surface area (Å²) in [4.78, 5) is 8.64. The average molecular weight is 370 g/mol. The standard InChI is InChI=1S/C19H20ClN5O/c20-16-8-6-15(7-9-16)18-24-17(26-25-18)11-13-23-19(21)22-12-10-14-4-2-1-3-5-14/h1-9H,10-13H2,(H3,21,22,23). The predicted molar refractivity (Wildman–Crippen MR) is 103 cm³/mol. The Morgan fingerprint density at radius 1 is 1.08 bits per heavy atom. The van der Waals surface area contributed by atoms with Crippen LogP contribution in [-0.4, -0.2) is 29.2 Å². The molecule has 1 aromatic heterocycles. The fourth-order valence-corrected chi connectivity index (χ4v) is 2.51. The van der Waals surface area contributed by atoms with Crippen molar-refractivity contribution in [3.63, 3.8) is 0 Å². The van der Waals surface area contributed by atoms with Gasteiger partial charge in [0.2, 0.25) is 11.7 Å². The van der Waals surface area contributed by atoms with Gasteiger partial charge in [0.25, 0.3) is 0 Å². The number of halogens is 1. The van der Waals surface area contributed by atoms with Crippen LogP contribution in [-0.2, 0) is 12.8 Å². The quantitative estimate of drug-likeness (QED) is 0.493. The molecule has 0 amide bonds. The predicted octanol–water partition coefficient (Wildman–Crippen LogP) is 3.08. The molecule has 0 radical (unpaired) electrons. The Morgan fingerprint density at radius 3 is 2.62 bits per heavy atom. The Hall–Kier alpha value is -2.86.